The molecule has 0 radical (unpaired) electrons. The summed E-state index contributed by atoms with van der Waals surface area (Å²) in [4.78, 5) is 1.05. The van der Waals surface area contributed by atoms with Crippen LogP contribution < -0.4 is 4.90 Å². The minimum absolute atomic E-state index is 0.0155. The monoisotopic (exact) mass is 196 g/mol. The Hall–Kier alpha value is -0.900. The molecule has 0 aliphatic carbocycles. The summed E-state index contributed by atoms with van der Waals surface area (Å²) in [6.45, 7) is -0.0155. The van der Waals surface area contributed by atoms with E-state index in [1.165, 1.54) is 0 Å². The van der Waals surface area contributed by atoms with Gasteiger partial charge in [0.05, 0.1) is 20.7 Å². The van der Waals surface area contributed by atoms with Gasteiger partial charge in [0.15, 0.2) is 0 Å². The summed E-state index contributed by atoms with van der Waals surface area (Å²) in [6, 6.07) is 9.26. The molecule has 0 saturated carbocycles. The van der Waals surface area contributed by atoms with Gasteiger partial charge >= 0.3 is 0 Å². The van der Waals surface area contributed by atoms with Gasteiger partial charge < -0.3 is 15.1 Å². The molecule has 0 amide bonds. The number of rotatable bonds is 4. The Labute approximate surface area is 84.6 Å². The van der Waals surface area contributed by atoms with Gasteiger partial charge in [0.25, 0.3) is 0 Å². The largest absolute Gasteiger partial charge is 0.390 e. The Morgan fingerprint density at radius 2 is 1.79 bits per heavy atom. The zero-order valence-electron chi connectivity index (χ0n) is 8.64. The zero-order chi connectivity index (χ0) is 10.6. The van der Waals surface area contributed by atoms with Crippen LogP contribution in [0.4, 0.5) is 0 Å². The lowest BCUT2D eigenvalue weighted by Crippen LogP contribution is -3.11. The molecule has 0 unspecified atom stereocenters. The molecular formula is C11H18NO2+. The van der Waals surface area contributed by atoms with E-state index >= 15 is 0 Å². The van der Waals surface area contributed by atoms with Crippen LogP contribution in [0.2, 0.25) is 0 Å². The van der Waals surface area contributed by atoms with E-state index in [0.29, 0.717) is 0 Å². The van der Waals surface area contributed by atoms with Gasteiger partial charge in [0.1, 0.15) is 12.1 Å². The molecule has 0 spiro atoms. The second kappa shape index (κ2) is 5.10. The van der Waals surface area contributed by atoms with Gasteiger partial charge in [-0.25, -0.2) is 0 Å². The molecular weight excluding hydrogens is 178 g/mol. The van der Waals surface area contributed by atoms with Crippen LogP contribution in [0.15, 0.2) is 30.3 Å². The molecule has 0 saturated heterocycles. The maximum Gasteiger partial charge on any atom is 0.141 e. The van der Waals surface area contributed by atoms with Crippen LogP contribution in [-0.2, 0) is 0 Å². The highest BCUT2D eigenvalue weighted by atomic mass is 16.3. The highest BCUT2D eigenvalue weighted by Gasteiger charge is 2.25. The summed E-state index contributed by atoms with van der Waals surface area (Å²) in [5.74, 6) is 0. The third-order valence-electron chi connectivity index (χ3n) is 2.46. The second-order valence-electron chi connectivity index (χ2n) is 3.72. The molecule has 0 bridgehead atoms. The second-order valence-corrected chi connectivity index (χ2v) is 3.72. The van der Waals surface area contributed by atoms with Gasteiger partial charge in [-0.15, -0.1) is 0 Å². The van der Waals surface area contributed by atoms with Gasteiger partial charge in [-0.1, -0.05) is 30.3 Å². The predicted octanol–water partition coefficient (Wildman–Crippen LogP) is -0.775. The number of benzene rings is 1. The number of aliphatic hydroxyl groups is 2. The van der Waals surface area contributed by atoms with Crippen molar-refractivity contribution in [1.29, 1.82) is 0 Å². The van der Waals surface area contributed by atoms with Crippen molar-refractivity contribution in [1.82, 2.24) is 0 Å². The third kappa shape index (κ3) is 2.54. The van der Waals surface area contributed by atoms with Crippen LogP contribution >= 0.6 is 0 Å². The van der Waals surface area contributed by atoms with E-state index in [1.54, 1.807) is 0 Å². The van der Waals surface area contributed by atoms with Gasteiger partial charge in [-0.3, -0.25) is 0 Å². The molecule has 14 heavy (non-hydrogen) atoms. The smallest absolute Gasteiger partial charge is 0.141 e. The Kier molecular flexibility index (Phi) is 4.07. The van der Waals surface area contributed by atoms with Crippen molar-refractivity contribution in [3.63, 3.8) is 0 Å². The number of hydrogen-bond donors (Lipinski definition) is 3. The topological polar surface area (TPSA) is 44.9 Å². The number of quaternary nitrogens is 1. The molecule has 1 aromatic rings. The van der Waals surface area contributed by atoms with Crippen molar-refractivity contribution in [3.8, 4) is 0 Å². The number of hydrogen-bond acceptors (Lipinski definition) is 2. The summed E-state index contributed by atoms with van der Waals surface area (Å²) in [6.07, 6.45) is -0.605. The molecule has 3 nitrogen and oxygen atoms in total. The molecule has 0 fully saturated rings. The molecule has 1 aromatic carbocycles. The maximum atomic E-state index is 9.97. The summed E-state index contributed by atoms with van der Waals surface area (Å²) >= 11 is 0. The Balaban J connectivity index is 2.78. The van der Waals surface area contributed by atoms with Crippen molar-refractivity contribution in [2.45, 2.75) is 12.1 Å². The Bertz CT molecular complexity index is 261. The van der Waals surface area contributed by atoms with Crippen molar-refractivity contribution >= 4 is 0 Å². The van der Waals surface area contributed by atoms with E-state index in [4.69, 9.17) is 5.11 Å². The number of nitrogens with one attached hydrogen (secondary N) is 1. The first kappa shape index (κ1) is 11.2. The fourth-order valence-electron chi connectivity index (χ4n) is 1.48. The maximum absolute atomic E-state index is 9.97. The zero-order valence-corrected chi connectivity index (χ0v) is 8.64. The minimum atomic E-state index is -0.605. The summed E-state index contributed by atoms with van der Waals surface area (Å²) in [5.41, 5.74) is 0.854. The quantitative estimate of drug-likeness (QED) is 0.592. The molecule has 0 aliphatic heterocycles. The van der Waals surface area contributed by atoms with Crippen LogP contribution in [0.25, 0.3) is 0 Å². The average Bonchev–Trinajstić information content (AvgIpc) is 2.19. The highest BCUT2D eigenvalue weighted by Crippen LogP contribution is 2.13. The fraction of sp³-hybridized carbons (Fsp3) is 0.455. The van der Waals surface area contributed by atoms with Gasteiger partial charge in [-0.05, 0) is 5.56 Å². The van der Waals surface area contributed by atoms with Crippen LogP contribution in [0, 0.1) is 0 Å². The average molecular weight is 196 g/mol. The standard InChI is InChI=1S/C11H17NO2/c1-12(2)10(8-13)11(14)9-6-4-3-5-7-9/h3-7,10-11,13-14H,8H2,1-2H3/p+1/t10-,11-/m1/s1. The predicted molar refractivity (Wildman–Crippen MR) is 55.1 cm³/mol. The molecule has 0 heterocycles. The molecule has 0 aliphatic rings. The normalized spacial score (nSPS) is 15.5. The fourth-order valence-corrected chi connectivity index (χ4v) is 1.48. The van der Waals surface area contributed by atoms with Crippen molar-refractivity contribution < 1.29 is 15.1 Å². The van der Waals surface area contributed by atoms with Crippen LogP contribution in [0.1, 0.15) is 11.7 Å². The first-order valence-electron chi connectivity index (χ1n) is 4.80. The first-order valence-corrected chi connectivity index (χ1v) is 4.80. The Morgan fingerprint density at radius 3 is 2.21 bits per heavy atom. The third-order valence-corrected chi connectivity index (χ3v) is 2.46. The molecule has 2 atom stereocenters. The summed E-state index contributed by atoms with van der Waals surface area (Å²) in [7, 11) is 3.85. The van der Waals surface area contributed by atoms with E-state index < -0.39 is 6.10 Å². The molecule has 1 rings (SSSR count). The van der Waals surface area contributed by atoms with E-state index in [0.717, 1.165) is 10.5 Å². The van der Waals surface area contributed by atoms with Crippen molar-refractivity contribution in [3.05, 3.63) is 35.9 Å². The lowest BCUT2D eigenvalue weighted by molar-refractivity contribution is -0.891. The molecule has 78 valence electrons. The van der Waals surface area contributed by atoms with E-state index in [2.05, 4.69) is 0 Å². The molecule has 3 heteroatoms. The van der Waals surface area contributed by atoms with E-state index in [-0.39, 0.29) is 12.6 Å². The van der Waals surface area contributed by atoms with Crippen molar-refractivity contribution in [2.75, 3.05) is 20.7 Å². The SMILES string of the molecule is C[NH+](C)[C@H](CO)[C@H](O)c1ccccc1. The van der Waals surface area contributed by atoms with Crippen LogP contribution in [-0.4, -0.2) is 37.0 Å². The lowest BCUT2D eigenvalue weighted by atomic mass is 10.0. The number of aliphatic hydroxyl groups excluding tert-OH is 2. The van der Waals surface area contributed by atoms with Crippen molar-refractivity contribution in [2.24, 2.45) is 0 Å². The lowest BCUT2D eigenvalue weighted by Gasteiger charge is -2.24. The van der Waals surface area contributed by atoms with E-state index in [1.807, 2.05) is 44.4 Å². The van der Waals surface area contributed by atoms with E-state index in [9.17, 15) is 5.11 Å². The first-order chi connectivity index (χ1) is 6.66. The highest BCUT2D eigenvalue weighted by molar-refractivity contribution is 5.18. The molecule has 0 aromatic heterocycles. The van der Waals surface area contributed by atoms with Crippen LogP contribution in [0.5, 0.6) is 0 Å². The Morgan fingerprint density at radius 1 is 1.21 bits per heavy atom. The van der Waals surface area contributed by atoms with Gasteiger partial charge in [0, 0.05) is 0 Å². The van der Waals surface area contributed by atoms with Crippen LogP contribution in [0.3, 0.4) is 0 Å². The summed E-state index contributed by atoms with van der Waals surface area (Å²) in [5, 5.41) is 19.1. The van der Waals surface area contributed by atoms with Gasteiger partial charge in [-0.2, -0.15) is 0 Å². The minimum Gasteiger partial charge on any atom is -0.390 e. The number of likely N-dealkylation sites (N-methyl/N-ethyl adjacent to an activating group) is 1. The van der Waals surface area contributed by atoms with Gasteiger partial charge in [0.2, 0.25) is 0 Å². The molecule has 3 N–H and O–H groups in total. The summed E-state index contributed by atoms with van der Waals surface area (Å²) < 4.78 is 0.